The molecule has 0 saturated carbocycles. The van der Waals surface area contributed by atoms with E-state index in [4.69, 9.17) is 0 Å². The second-order valence-electron chi connectivity index (χ2n) is 4.00. The molecule has 0 spiro atoms. The zero-order chi connectivity index (χ0) is 12.5. The van der Waals surface area contributed by atoms with Gasteiger partial charge in [-0.25, -0.2) is 4.99 Å². The molecule has 0 amide bonds. The van der Waals surface area contributed by atoms with Crippen LogP contribution in [0.25, 0.3) is 10.8 Å². The smallest absolute Gasteiger partial charge is 0.216 e. The van der Waals surface area contributed by atoms with Crippen LogP contribution in [0.5, 0.6) is 0 Å². The van der Waals surface area contributed by atoms with E-state index in [2.05, 4.69) is 4.99 Å². The van der Waals surface area contributed by atoms with Crippen LogP contribution in [0.1, 0.15) is 0 Å². The van der Waals surface area contributed by atoms with Crippen LogP contribution >= 0.6 is 0 Å². The van der Waals surface area contributed by atoms with Gasteiger partial charge in [-0.2, -0.15) is 0 Å². The molecule has 0 heterocycles. The minimum absolute atomic E-state index is 0.00222. The molecular formula is C15H9NO2. The SMILES string of the molecule is O=c1c(=Nc2ccccc2)c(=O)c2ccccc12. The van der Waals surface area contributed by atoms with Crippen LogP contribution < -0.4 is 16.2 Å². The van der Waals surface area contributed by atoms with Gasteiger partial charge in [0.1, 0.15) is 0 Å². The van der Waals surface area contributed by atoms with Gasteiger partial charge in [0, 0.05) is 10.8 Å². The lowest BCUT2D eigenvalue weighted by Crippen LogP contribution is -2.31. The van der Waals surface area contributed by atoms with Crippen molar-refractivity contribution in [3.8, 4) is 0 Å². The van der Waals surface area contributed by atoms with E-state index in [0.29, 0.717) is 16.5 Å². The zero-order valence-electron chi connectivity index (χ0n) is 9.46. The van der Waals surface area contributed by atoms with Gasteiger partial charge in [0.15, 0.2) is 5.36 Å². The number of hydrogen-bond donors (Lipinski definition) is 0. The van der Waals surface area contributed by atoms with E-state index in [0.717, 1.165) is 0 Å². The first-order valence-corrected chi connectivity index (χ1v) is 5.59. The zero-order valence-corrected chi connectivity index (χ0v) is 9.46. The van der Waals surface area contributed by atoms with E-state index < -0.39 is 0 Å². The van der Waals surface area contributed by atoms with Gasteiger partial charge < -0.3 is 0 Å². The Kier molecular flexibility index (Phi) is 2.38. The van der Waals surface area contributed by atoms with Crippen LogP contribution in [-0.4, -0.2) is 0 Å². The minimum atomic E-state index is -0.292. The Morgan fingerprint density at radius 3 is 1.72 bits per heavy atom. The van der Waals surface area contributed by atoms with Crippen molar-refractivity contribution in [2.45, 2.75) is 0 Å². The number of hydrogen-bond acceptors (Lipinski definition) is 3. The van der Waals surface area contributed by atoms with Crippen LogP contribution in [0.3, 0.4) is 0 Å². The monoisotopic (exact) mass is 235 g/mol. The summed E-state index contributed by atoms with van der Waals surface area (Å²) in [4.78, 5) is 28.3. The molecule has 86 valence electrons. The minimum Gasteiger partial charge on any atom is -0.287 e. The summed E-state index contributed by atoms with van der Waals surface area (Å²) >= 11 is 0. The fourth-order valence-corrected chi connectivity index (χ4v) is 1.97. The number of benzene rings is 2. The molecule has 0 atom stereocenters. The summed E-state index contributed by atoms with van der Waals surface area (Å²) in [5.74, 6) is 0. The highest BCUT2D eigenvalue weighted by atomic mass is 16.1. The Bertz CT molecular complexity index is 807. The van der Waals surface area contributed by atoms with Crippen molar-refractivity contribution in [2.24, 2.45) is 4.99 Å². The lowest BCUT2D eigenvalue weighted by atomic mass is 10.2. The average molecular weight is 235 g/mol. The molecule has 3 aromatic carbocycles. The highest BCUT2D eigenvalue weighted by molar-refractivity contribution is 5.83. The molecule has 3 heteroatoms. The van der Waals surface area contributed by atoms with Crippen molar-refractivity contribution in [1.82, 2.24) is 0 Å². The molecule has 3 rings (SSSR count). The Hall–Kier alpha value is -2.55. The van der Waals surface area contributed by atoms with Crippen LogP contribution in [0, 0.1) is 0 Å². The first kappa shape index (κ1) is 10.6. The van der Waals surface area contributed by atoms with Gasteiger partial charge in [0.05, 0.1) is 5.69 Å². The molecule has 0 saturated heterocycles. The van der Waals surface area contributed by atoms with Crippen LogP contribution in [0.4, 0.5) is 5.69 Å². The molecule has 0 bridgehead atoms. The molecule has 0 radical (unpaired) electrons. The second kappa shape index (κ2) is 4.04. The molecule has 0 unspecified atom stereocenters. The maximum Gasteiger partial charge on any atom is 0.216 e. The largest absolute Gasteiger partial charge is 0.287 e. The maximum atomic E-state index is 12.1. The fraction of sp³-hybridized carbons (Fsp3) is 0. The van der Waals surface area contributed by atoms with Crippen molar-refractivity contribution in [3.05, 3.63) is 80.4 Å². The van der Waals surface area contributed by atoms with Gasteiger partial charge >= 0.3 is 0 Å². The third kappa shape index (κ3) is 1.57. The highest BCUT2D eigenvalue weighted by Crippen LogP contribution is 2.08. The molecule has 0 aliphatic rings. The van der Waals surface area contributed by atoms with Gasteiger partial charge in [0.2, 0.25) is 10.9 Å². The fourth-order valence-electron chi connectivity index (χ4n) is 1.97. The Labute approximate surface area is 102 Å². The van der Waals surface area contributed by atoms with Crippen LogP contribution in [-0.2, 0) is 0 Å². The molecule has 0 aliphatic heterocycles. The first-order valence-electron chi connectivity index (χ1n) is 5.59. The summed E-state index contributed by atoms with van der Waals surface area (Å²) in [6.45, 7) is 0. The Balaban J connectivity index is 2.41. The summed E-state index contributed by atoms with van der Waals surface area (Å²) in [5.41, 5.74) is 0.0286. The lowest BCUT2D eigenvalue weighted by Gasteiger charge is -1.87. The van der Waals surface area contributed by atoms with Gasteiger partial charge in [-0.05, 0) is 12.1 Å². The van der Waals surface area contributed by atoms with E-state index >= 15 is 0 Å². The Morgan fingerprint density at radius 1 is 0.667 bits per heavy atom. The van der Waals surface area contributed by atoms with Gasteiger partial charge in [-0.3, -0.25) is 9.59 Å². The van der Waals surface area contributed by atoms with Gasteiger partial charge in [-0.15, -0.1) is 0 Å². The van der Waals surface area contributed by atoms with E-state index in [1.807, 2.05) is 18.2 Å². The molecular weight excluding hydrogens is 226 g/mol. The topological polar surface area (TPSA) is 46.5 Å². The number of para-hydroxylation sites is 1. The molecule has 3 nitrogen and oxygen atoms in total. The van der Waals surface area contributed by atoms with E-state index in [-0.39, 0.29) is 16.2 Å². The summed E-state index contributed by atoms with van der Waals surface area (Å²) in [6.07, 6.45) is 0. The van der Waals surface area contributed by atoms with Crippen molar-refractivity contribution < 1.29 is 0 Å². The van der Waals surface area contributed by atoms with Crippen molar-refractivity contribution in [2.75, 3.05) is 0 Å². The molecule has 18 heavy (non-hydrogen) atoms. The summed E-state index contributed by atoms with van der Waals surface area (Å²) < 4.78 is 0. The maximum absolute atomic E-state index is 12.1. The normalized spacial score (nSPS) is 10.7. The van der Waals surface area contributed by atoms with E-state index in [1.165, 1.54) is 0 Å². The molecule has 0 aliphatic carbocycles. The second-order valence-corrected chi connectivity index (χ2v) is 4.00. The summed E-state index contributed by atoms with van der Waals surface area (Å²) in [7, 11) is 0. The average Bonchev–Trinajstić information content (AvgIpc) is 2.66. The first-order chi connectivity index (χ1) is 8.77. The summed E-state index contributed by atoms with van der Waals surface area (Å²) in [6, 6.07) is 15.8. The number of nitrogens with zero attached hydrogens (tertiary/aromatic N) is 1. The predicted octanol–water partition coefficient (Wildman–Crippen LogP) is 1.67. The van der Waals surface area contributed by atoms with E-state index in [9.17, 15) is 9.59 Å². The predicted molar refractivity (Wildman–Crippen MR) is 70.5 cm³/mol. The van der Waals surface area contributed by atoms with Gasteiger partial charge in [-0.1, -0.05) is 42.5 Å². The third-order valence-corrected chi connectivity index (χ3v) is 2.84. The van der Waals surface area contributed by atoms with Gasteiger partial charge in [0.25, 0.3) is 0 Å². The van der Waals surface area contributed by atoms with Crippen LogP contribution in [0.15, 0.2) is 69.2 Å². The number of fused-ring (bicyclic) bond motifs is 1. The standard InChI is InChI=1S/C15H9NO2/c17-14-11-8-4-5-9-12(11)15(18)13(14)16-10-6-2-1-3-7-10/h1-9H. The molecule has 0 N–H and O–H groups in total. The highest BCUT2D eigenvalue weighted by Gasteiger charge is 2.09. The van der Waals surface area contributed by atoms with Crippen molar-refractivity contribution >= 4 is 16.5 Å². The Morgan fingerprint density at radius 2 is 1.17 bits per heavy atom. The third-order valence-electron chi connectivity index (χ3n) is 2.84. The van der Waals surface area contributed by atoms with E-state index in [1.54, 1.807) is 36.4 Å². The molecule has 3 aromatic rings. The molecule has 0 fully saturated rings. The quantitative estimate of drug-likeness (QED) is 0.644. The van der Waals surface area contributed by atoms with Crippen LogP contribution in [0.2, 0.25) is 0 Å². The number of rotatable bonds is 1. The summed E-state index contributed by atoms with van der Waals surface area (Å²) in [5, 5.41) is 0.886. The van der Waals surface area contributed by atoms with Crippen molar-refractivity contribution in [3.63, 3.8) is 0 Å². The lowest BCUT2D eigenvalue weighted by molar-refractivity contribution is 1.31. The van der Waals surface area contributed by atoms with Crippen molar-refractivity contribution in [1.29, 1.82) is 0 Å². The molecule has 0 aromatic heterocycles.